The van der Waals surface area contributed by atoms with Gasteiger partial charge in [0.05, 0.1) is 12.1 Å². The molecule has 2 rings (SSSR count). The van der Waals surface area contributed by atoms with Crippen molar-refractivity contribution in [2.75, 3.05) is 6.61 Å². The lowest BCUT2D eigenvalue weighted by Gasteiger charge is -2.18. The molecule has 0 radical (unpaired) electrons. The molecule has 0 amide bonds. The predicted molar refractivity (Wildman–Crippen MR) is 45.0 cm³/mol. The molecule has 1 heterocycles. The monoisotopic (exact) mass is 187 g/mol. The number of aryl methyl sites for hydroxylation is 1. The average Bonchev–Trinajstić information content (AvgIpc) is 2.53. The van der Waals surface area contributed by atoms with Crippen molar-refractivity contribution in [3.63, 3.8) is 0 Å². The first-order chi connectivity index (χ1) is 5.65. The smallest absolute Gasteiger partial charge is 0.193 e. The lowest BCUT2D eigenvalue weighted by Crippen LogP contribution is -2.37. The minimum Gasteiger partial charge on any atom is -0.447 e. The van der Waals surface area contributed by atoms with Crippen LogP contribution in [0.1, 0.15) is 17.7 Å². The first kappa shape index (κ1) is 8.10. The van der Waals surface area contributed by atoms with E-state index >= 15 is 0 Å². The fourth-order valence-corrected chi connectivity index (χ4v) is 1.83. The predicted octanol–water partition coefficient (Wildman–Crippen LogP) is 1.03. The van der Waals surface area contributed by atoms with E-state index < -0.39 is 5.54 Å². The number of fused-ring (bicyclic) bond motifs is 1. The van der Waals surface area contributed by atoms with Crippen LogP contribution in [0.15, 0.2) is 10.5 Å². The topological polar surface area (TPSA) is 59.4 Å². The summed E-state index contributed by atoms with van der Waals surface area (Å²) in [5, 5.41) is 9.40. The van der Waals surface area contributed by atoms with Gasteiger partial charge in [0.15, 0.2) is 5.22 Å². The van der Waals surface area contributed by atoms with Crippen molar-refractivity contribution in [3.05, 3.63) is 22.6 Å². The van der Waals surface area contributed by atoms with Gasteiger partial charge in [-0.2, -0.15) is 0 Å². The molecule has 4 heteroatoms. The van der Waals surface area contributed by atoms with E-state index in [1.54, 1.807) is 6.07 Å². The Morgan fingerprint density at radius 3 is 3.17 bits per heavy atom. The molecule has 3 nitrogen and oxygen atoms in total. The number of hydrogen-bond acceptors (Lipinski definition) is 3. The Bertz CT molecular complexity index is 310. The summed E-state index contributed by atoms with van der Waals surface area (Å²) in [6.45, 7) is -0.0934. The van der Waals surface area contributed by atoms with Crippen molar-refractivity contribution >= 4 is 11.6 Å². The van der Waals surface area contributed by atoms with Crippen molar-refractivity contribution < 1.29 is 9.52 Å². The molecule has 12 heavy (non-hydrogen) atoms. The molecule has 66 valence electrons. The minimum atomic E-state index is -0.706. The molecule has 1 unspecified atom stereocenters. The molecule has 0 aromatic carbocycles. The lowest BCUT2D eigenvalue weighted by atomic mass is 10.0. The Morgan fingerprint density at radius 2 is 2.50 bits per heavy atom. The summed E-state index contributed by atoms with van der Waals surface area (Å²) < 4.78 is 5.21. The second kappa shape index (κ2) is 2.49. The van der Waals surface area contributed by atoms with Crippen LogP contribution in [0.3, 0.4) is 0 Å². The van der Waals surface area contributed by atoms with Crippen LogP contribution in [0.25, 0.3) is 0 Å². The maximum absolute atomic E-state index is 9.05. The van der Waals surface area contributed by atoms with Crippen molar-refractivity contribution in [2.45, 2.75) is 18.4 Å². The molecule has 3 N–H and O–H groups in total. The standard InChI is InChI=1S/C8H10ClNO2/c9-6-3-5-1-2-8(10,4-11)7(5)12-6/h3,11H,1-2,4,10H2. The lowest BCUT2D eigenvalue weighted by molar-refractivity contribution is 0.176. The van der Waals surface area contributed by atoms with Gasteiger partial charge >= 0.3 is 0 Å². The molecule has 0 saturated carbocycles. The number of hydrogen-bond donors (Lipinski definition) is 2. The van der Waals surface area contributed by atoms with Crippen molar-refractivity contribution in [1.29, 1.82) is 0 Å². The van der Waals surface area contributed by atoms with Gasteiger partial charge in [0, 0.05) is 0 Å². The number of rotatable bonds is 1. The van der Waals surface area contributed by atoms with Crippen LogP contribution in [-0.4, -0.2) is 11.7 Å². The van der Waals surface area contributed by atoms with Gasteiger partial charge in [0.2, 0.25) is 0 Å². The number of halogens is 1. The molecular weight excluding hydrogens is 178 g/mol. The van der Waals surface area contributed by atoms with E-state index in [0.717, 1.165) is 18.4 Å². The average molecular weight is 188 g/mol. The van der Waals surface area contributed by atoms with E-state index in [4.69, 9.17) is 26.9 Å². The highest BCUT2D eigenvalue weighted by Gasteiger charge is 2.38. The maximum Gasteiger partial charge on any atom is 0.193 e. The SMILES string of the molecule is NC1(CO)CCc2cc(Cl)oc21. The molecule has 1 aromatic heterocycles. The molecule has 0 saturated heterocycles. The summed E-state index contributed by atoms with van der Waals surface area (Å²) in [7, 11) is 0. The number of aliphatic hydroxyl groups is 1. The number of aliphatic hydroxyl groups excluding tert-OH is 1. The zero-order valence-corrected chi connectivity index (χ0v) is 7.27. The third-order valence-corrected chi connectivity index (χ3v) is 2.54. The highest BCUT2D eigenvalue weighted by molar-refractivity contribution is 6.28. The van der Waals surface area contributed by atoms with E-state index in [1.807, 2.05) is 0 Å². The van der Waals surface area contributed by atoms with Crippen LogP contribution >= 0.6 is 11.6 Å². The zero-order valence-electron chi connectivity index (χ0n) is 6.51. The number of nitrogens with two attached hydrogens (primary N) is 1. The van der Waals surface area contributed by atoms with Gasteiger partial charge in [-0.05, 0) is 36.1 Å². The van der Waals surface area contributed by atoms with Gasteiger partial charge in [-0.25, -0.2) is 0 Å². The van der Waals surface area contributed by atoms with Gasteiger partial charge in [-0.15, -0.1) is 0 Å². The molecule has 0 fully saturated rings. The molecule has 1 atom stereocenters. The quantitative estimate of drug-likeness (QED) is 0.691. The first-order valence-corrected chi connectivity index (χ1v) is 4.22. The Kier molecular flexibility index (Phi) is 1.68. The van der Waals surface area contributed by atoms with Crippen LogP contribution in [0.5, 0.6) is 0 Å². The van der Waals surface area contributed by atoms with Crippen molar-refractivity contribution in [3.8, 4) is 0 Å². The third kappa shape index (κ3) is 0.975. The van der Waals surface area contributed by atoms with Crippen LogP contribution in [0, 0.1) is 0 Å². The van der Waals surface area contributed by atoms with Crippen molar-refractivity contribution in [1.82, 2.24) is 0 Å². The third-order valence-electron chi connectivity index (χ3n) is 2.35. The molecule has 0 aliphatic heterocycles. The van der Waals surface area contributed by atoms with E-state index in [2.05, 4.69) is 0 Å². The zero-order chi connectivity index (χ0) is 8.77. The molecular formula is C8H10ClNO2. The molecule has 1 aromatic rings. The first-order valence-electron chi connectivity index (χ1n) is 3.84. The van der Waals surface area contributed by atoms with Crippen LogP contribution in [-0.2, 0) is 12.0 Å². The largest absolute Gasteiger partial charge is 0.447 e. The van der Waals surface area contributed by atoms with E-state index in [0.29, 0.717) is 11.0 Å². The van der Waals surface area contributed by atoms with Gasteiger partial charge < -0.3 is 15.3 Å². The van der Waals surface area contributed by atoms with Crippen LogP contribution < -0.4 is 5.73 Å². The Hall–Kier alpha value is -0.510. The highest BCUT2D eigenvalue weighted by Crippen LogP contribution is 2.37. The fraction of sp³-hybridized carbons (Fsp3) is 0.500. The summed E-state index contributed by atoms with van der Waals surface area (Å²) in [6, 6.07) is 1.77. The summed E-state index contributed by atoms with van der Waals surface area (Å²) in [4.78, 5) is 0. The Balaban J connectivity index is 2.47. The molecule has 1 aliphatic rings. The molecule has 1 aliphatic carbocycles. The van der Waals surface area contributed by atoms with Crippen LogP contribution in [0.4, 0.5) is 0 Å². The summed E-state index contributed by atoms with van der Waals surface area (Å²) in [6.07, 6.45) is 1.57. The fourth-order valence-electron chi connectivity index (χ4n) is 1.62. The normalized spacial score (nSPS) is 27.6. The summed E-state index contributed by atoms with van der Waals surface area (Å²) >= 11 is 5.66. The van der Waals surface area contributed by atoms with Crippen molar-refractivity contribution in [2.24, 2.45) is 5.73 Å². The van der Waals surface area contributed by atoms with Gasteiger partial charge in [0.25, 0.3) is 0 Å². The summed E-state index contributed by atoms with van der Waals surface area (Å²) in [5.41, 5.74) is 6.20. The van der Waals surface area contributed by atoms with E-state index in [1.165, 1.54) is 0 Å². The molecule has 0 spiro atoms. The second-order valence-electron chi connectivity index (χ2n) is 3.22. The van der Waals surface area contributed by atoms with E-state index in [-0.39, 0.29) is 6.61 Å². The van der Waals surface area contributed by atoms with E-state index in [9.17, 15) is 0 Å². The Labute approximate surface area is 75.1 Å². The van der Waals surface area contributed by atoms with Gasteiger partial charge in [0.1, 0.15) is 5.76 Å². The van der Waals surface area contributed by atoms with Gasteiger partial charge in [-0.3, -0.25) is 0 Å². The second-order valence-corrected chi connectivity index (χ2v) is 3.59. The Morgan fingerprint density at radius 1 is 1.75 bits per heavy atom. The maximum atomic E-state index is 9.05. The summed E-state index contributed by atoms with van der Waals surface area (Å²) in [5.74, 6) is 0.648. The highest BCUT2D eigenvalue weighted by atomic mass is 35.5. The molecule has 0 bridgehead atoms. The number of furan rings is 1. The van der Waals surface area contributed by atoms with Crippen LogP contribution in [0.2, 0.25) is 5.22 Å². The minimum absolute atomic E-state index is 0.0934. The van der Waals surface area contributed by atoms with Gasteiger partial charge in [-0.1, -0.05) is 0 Å².